The Labute approximate surface area is 92.3 Å². The van der Waals surface area contributed by atoms with E-state index in [4.69, 9.17) is 5.26 Å². The molecule has 2 rings (SSSR count). The Morgan fingerprint density at radius 1 is 1.44 bits per heavy atom. The van der Waals surface area contributed by atoms with Gasteiger partial charge in [0, 0.05) is 7.05 Å². The third kappa shape index (κ3) is 1.61. The van der Waals surface area contributed by atoms with Gasteiger partial charge in [-0.3, -0.25) is 9.59 Å². The molecule has 1 N–H and O–H groups in total. The number of anilines is 1. The van der Waals surface area contributed by atoms with Crippen molar-refractivity contribution in [1.29, 1.82) is 5.26 Å². The van der Waals surface area contributed by atoms with E-state index >= 15 is 0 Å². The fraction of sp³-hybridized carbons (Fsp3) is 0.182. The molecule has 0 unspecified atom stereocenters. The second-order valence-electron chi connectivity index (χ2n) is 3.58. The molecule has 0 saturated carbocycles. The molecule has 1 aliphatic rings. The van der Waals surface area contributed by atoms with Crippen molar-refractivity contribution in [2.75, 3.05) is 18.9 Å². The summed E-state index contributed by atoms with van der Waals surface area (Å²) in [7, 11) is 1.55. The molecular weight excluding hydrogens is 206 g/mol. The molecular formula is C11H9N3O2. The first-order valence-electron chi connectivity index (χ1n) is 4.71. The van der Waals surface area contributed by atoms with E-state index in [2.05, 4.69) is 5.32 Å². The van der Waals surface area contributed by atoms with Crippen LogP contribution in [0.15, 0.2) is 18.2 Å². The molecule has 5 nitrogen and oxygen atoms in total. The van der Waals surface area contributed by atoms with Crippen molar-refractivity contribution in [3.8, 4) is 6.07 Å². The lowest BCUT2D eigenvalue weighted by Crippen LogP contribution is -2.31. The summed E-state index contributed by atoms with van der Waals surface area (Å²) < 4.78 is 0. The Balaban J connectivity index is 2.56. The van der Waals surface area contributed by atoms with Gasteiger partial charge in [-0.2, -0.15) is 5.26 Å². The molecule has 0 radical (unpaired) electrons. The monoisotopic (exact) mass is 215 g/mol. The van der Waals surface area contributed by atoms with Gasteiger partial charge < -0.3 is 10.2 Å². The molecule has 0 aromatic heterocycles. The van der Waals surface area contributed by atoms with Gasteiger partial charge in [0.2, 0.25) is 5.91 Å². The SMILES string of the molecule is CN1CC(=O)Nc2ccc(C#N)cc2C1=O. The van der Waals surface area contributed by atoms with Crippen molar-refractivity contribution >= 4 is 17.5 Å². The number of hydrogen-bond donors (Lipinski definition) is 1. The van der Waals surface area contributed by atoms with Crippen LogP contribution in [0.3, 0.4) is 0 Å². The summed E-state index contributed by atoms with van der Waals surface area (Å²) in [6.07, 6.45) is 0. The lowest BCUT2D eigenvalue weighted by Gasteiger charge is -2.12. The highest BCUT2D eigenvalue weighted by Crippen LogP contribution is 2.21. The minimum atomic E-state index is -0.259. The third-order valence-corrected chi connectivity index (χ3v) is 2.38. The van der Waals surface area contributed by atoms with Gasteiger partial charge in [0.15, 0.2) is 0 Å². The van der Waals surface area contributed by atoms with E-state index in [1.165, 1.54) is 11.0 Å². The molecule has 1 heterocycles. The molecule has 80 valence electrons. The smallest absolute Gasteiger partial charge is 0.256 e. The molecule has 2 amide bonds. The number of nitriles is 1. The maximum atomic E-state index is 11.9. The van der Waals surface area contributed by atoms with Crippen molar-refractivity contribution < 1.29 is 9.59 Å². The minimum absolute atomic E-state index is 0.0232. The average molecular weight is 215 g/mol. The largest absolute Gasteiger partial charge is 0.332 e. The predicted molar refractivity (Wildman–Crippen MR) is 56.7 cm³/mol. The molecule has 0 fully saturated rings. The van der Waals surface area contributed by atoms with Crippen LogP contribution in [0.25, 0.3) is 0 Å². The van der Waals surface area contributed by atoms with Crippen LogP contribution >= 0.6 is 0 Å². The molecule has 0 spiro atoms. The van der Waals surface area contributed by atoms with E-state index in [9.17, 15) is 9.59 Å². The summed E-state index contributed by atoms with van der Waals surface area (Å²) in [5.41, 5.74) is 1.21. The maximum absolute atomic E-state index is 11.9. The van der Waals surface area contributed by atoms with Gasteiger partial charge in [-0.15, -0.1) is 0 Å². The summed E-state index contributed by atoms with van der Waals surface area (Å²) in [5.74, 6) is -0.496. The summed E-state index contributed by atoms with van der Waals surface area (Å²) in [6, 6.07) is 6.59. The molecule has 1 aromatic rings. The molecule has 5 heteroatoms. The van der Waals surface area contributed by atoms with Crippen molar-refractivity contribution in [3.05, 3.63) is 29.3 Å². The number of amides is 2. The number of benzene rings is 1. The highest BCUT2D eigenvalue weighted by molar-refractivity contribution is 6.08. The van der Waals surface area contributed by atoms with Crippen LogP contribution in [0.4, 0.5) is 5.69 Å². The first-order valence-corrected chi connectivity index (χ1v) is 4.71. The number of carbonyl (C=O) groups excluding carboxylic acids is 2. The van der Waals surface area contributed by atoms with E-state index in [0.717, 1.165) is 0 Å². The van der Waals surface area contributed by atoms with Crippen LogP contribution in [0.2, 0.25) is 0 Å². The number of nitrogens with zero attached hydrogens (tertiary/aromatic N) is 2. The second kappa shape index (κ2) is 3.66. The van der Waals surface area contributed by atoms with E-state index < -0.39 is 0 Å². The Kier molecular flexibility index (Phi) is 2.33. The molecule has 1 aliphatic heterocycles. The number of fused-ring (bicyclic) bond motifs is 1. The average Bonchev–Trinajstić information content (AvgIpc) is 2.37. The number of carbonyl (C=O) groups is 2. The van der Waals surface area contributed by atoms with Gasteiger partial charge in [0.05, 0.1) is 29.4 Å². The van der Waals surface area contributed by atoms with Crippen LogP contribution in [0.1, 0.15) is 15.9 Å². The Hall–Kier alpha value is -2.35. The zero-order chi connectivity index (χ0) is 11.7. The van der Waals surface area contributed by atoms with E-state index in [1.54, 1.807) is 19.2 Å². The van der Waals surface area contributed by atoms with Crippen LogP contribution in [0, 0.1) is 11.3 Å². The summed E-state index contributed by atoms with van der Waals surface area (Å²) in [6.45, 7) is 0.0232. The van der Waals surface area contributed by atoms with Crippen molar-refractivity contribution in [3.63, 3.8) is 0 Å². The van der Waals surface area contributed by atoms with Crippen LogP contribution in [-0.4, -0.2) is 30.3 Å². The predicted octanol–water partition coefficient (Wildman–Crippen LogP) is 0.582. The molecule has 0 bridgehead atoms. The molecule has 0 saturated heterocycles. The zero-order valence-electron chi connectivity index (χ0n) is 8.65. The number of likely N-dealkylation sites (N-methyl/N-ethyl adjacent to an activating group) is 1. The highest BCUT2D eigenvalue weighted by atomic mass is 16.2. The zero-order valence-corrected chi connectivity index (χ0v) is 8.65. The van der Waals surface area contributed by atoms with Crippen molar-refractivity contribution in [2.45, 2.75) is 0 Å². The topological polar surface area (TPSA) is 73.2 Å². The summed E-state index contributed by atoms with van der Waals surface area (Å²) >= 11 is 0. The van der Waals surface area contributed by atoms with Gasteiger partial charge in [0.25, 0.3) is 5.91 Å². The highest BCUT2D eigenvalue weighted by Gasteiger charge is 2.23. The van der Waals surface area contributed by atoms with E-state index in [-0.39, 0.29) is 18.4 Å². The van der Waals surface area contributed by atoms with Gasteiger partial charge >= 0.3 is 0 Å². The van der Waals surface area contributed by atoms with Gasteiger partial charge in [-0.25, -0.2) is 0 Å². The first kappa shape index (κ1) is 10.2. The molecule has 0 aliphatic carbocycles. The lowest BCUT2D eigenvalue weighted by molar-refractivity contribution is -0.116. The van der Waals surface area contributed by atoms with E-state index in [1.807, 2.05) is 6.07 Å². The van der Waals surface area contributed by atoms with Crippen LogP contribution in [0.5, 0.6) is 0 Å². The van der Waals surface area contributed by atoms with Gasteiger partial charge in [-0.05, 0) is 18.2 Å². The fourth-order valence-electron chi connectivity index (χ4n) is 1.58. The standard InChI is InChI=1S/C11H9N3O2/c1-14-6-10(15)13-9-3-2-7(5-12)4-8(9)11(14)16/h2-4H,6H2,1H3,(H,13,15). The Morgan fingerprint density at radius 2 is 2.19 bits per heavy atom. The molecule has 16 heavy (non-hydrogen) atoms. The van der Waals surface area contributed by atoms with Gasteiger partial charge in [-0.1, -0.05) is 0 Å². The van der Waals surface area contributed by atoms with E-state index in [0.29, 0.717) is 16.8 Å². The van der Waals surface area contributed by atoms with Crippen molar-refractivity contribution in [2.24, 2.45) is 0 Å². The van der Waals surface area contributed by atoms with Crippen LogP contribution in [-0.2, 0) is 4.79 Å². The fourth-order valence-corrected chi connectivity index (χ4v) is 1.58. The normalized spacial score (nSPS) is 14.9. The quantitative estimate of drug-likeness (QED) is 0.688. The number of hydrogen-bond acceptors (Lipinski definition) is 3. The van der Waals surface area contributed by atoms with Gasteiger partial charge in [0.1, 0.15) is 0 Å². The third-order valence-electron chi connectivity index (χ3n) is 2.38. The van der Waals surface area contributed by atoms with Crippen molar-refractivity contribution in [1.82, 2.24) is 4.90 Å². The Morgan fingerprint density at radius 3 is 2.88 bits per heavy atom. The van der Waals surface area contributed by atoms with Crippen LogP contribution < -0.4 is 5.32 Å². The minimum Gasteiger partial charge on any atom is -0.332 e. The Bertz CT molecular complexity index is 516. The first-order chi connectivity index (χ1) is 7.61. The second-order valence-corrected chi connectivity index (χ2v) is 3.58. The molecule has 0 atom stereocenters. The summed E-state index contributed by atoms with van der Waals surface area (Å²) in [5, 5.41) is 11.4. The summed E-state index contributed by atoms with van der Waals surface area (Å²) in [4.78, 5) is 24.6. The lowest BCUT2D eigenvalue weighted by atomic mass is 10.1. The number of rotatable bonds is 0. The molecule has 1 aromatic carbocycles. The number of nitrogens with one attached hydrogen (secondary N) is 1. The maximum Gasteiger partial charge on any atom is 0.256 e.